The number of carbonyl (C=O) groups excluding carboxylic acids is 1. The molecule has 2 heterocycles. The fraction of sp³-hybridized carbons (Fsp3) is 0.217. The minimum absolute atomic E-state index is 0.199. The largest absolute Gasteiger partial charge is 0.495 e. The van der Waals surface area contributed by atoms with Gasteiger partial charge in [-0.25, -0.2) is 14.3 Å². The van der Waals surface area contributed by atoms with Crippen LogP contribution in [-0.4, -0.2) is 33.4 Å². The number of thioether (sulfide) groups is 1. The number of nitrogens with zero attached hydrogens (tertiary/aromatic N) is 3. The number of rotatable bonds is 7. The molecule has 2 aromatic heterocycles. The number of aromatic nitrogens is 3. The van der Waals surface area contributed by atoms with Crippen molar-refractivity contribution >= 4 is 45.0 Å². The fourth-order valence-electron chi connectivity index (χ4n) is 3.56. The van der Waals surface area contributed by atoms with E-state index in [-0.39, 0.29) is 18.1 Å². The topological polar surface area (TPSA) is 95.2 Å². The lowest BCUT2D eigenvalue weighted by molar-refractivity contribution is -0.116. The van der Waals surface area contributed by atoms with E-state index >= 15 is 0 Å². The highest BCUT2D eigenvalue weighted by molar-refractivity contribution is 8.00. The molecule has 0 unspecified atom stereocenters. The highest BCUT2D eigenvalue weighted by atomic mass is 32.2. The van der Waals surface area contributed by atoms with Crippen LogP contribution in [-0.2, 0) is 17.8 Å². The van der Waals surface area contributed by atoms with E-state index in [1.807, 2.05) is 37.4 Å². The monoisotopic (exact) mass is 482 g/mol. The van der Waals surface area contributed by atoms with Crippen LogP contribution < -0.4 is 21.3 Å². The van der Waals surface area contributed by atoms with Crippen molar-refractivity contribution in [3.63, 3.8) is 0 Å². The lowest BCUT2D eigenvalue weighted by Gasteiger charge is -2.14. The highest BCUT2D eigenvalue weighted by Gasteiger charge is 2.22. The van der Waals surface area contributed by atoms with Gasteiger partial charge in [-0.3, -0.25) is 14.2 Å². The summed E-state index contributed by atoms with van der Waals surface area (Å²) in [5, 5.41) is 2.88. The molecule has 1 N–H and O–H groups in total. The first-order valence-corrected chi connectivity index (χ1v) is 12.2. The van der Waals surface area contributed by atoms with Gasteiger partial charge in [0.05, 0.1) is 12.8 Å². The van der Waals surface area contributed by atoms with Crippen LogP contribution in [0.2, 0.25) is 0 Å². The van der Waals surface area contributed by atoms with Gasteiger partial charge in [0.2, 0.25) is 5.91 Å². The second-order valence-electron chi connectivity index (χ2n) is 7.08. The minimum Gasteiger partial charge on any atom is -0.495 e. The van der Waals surface area contributed by atoms with Gasteiger partial charge < -0.3 is 10.1 Å². The molecule has 0 aliphatic heterocycles. The number of hydrogen-bond donors (Lipinski definition) is 1. The normalized spacial score (nSPS) is 11.0. The molecule has 0 atom stereocenters. The number of carbonyl (C=O) groups is 1. The van der Waals surface area contributed by atoms with E-state index in [1.165, 1.54) is 34.8 Å². The number of ether oxygens (including phenoxy) is 1. The summed E-state index contributed by atoms with van der Waals surface area (Å²) in [5.74, 6) is -0.0123. The van der Waals surface area contributed by atoms with Crippen LogP contribution >= 0.6 is 23.1 Å². The maximum absolute atomic E-state index is 13.5. The molecule has 1 amide bonds. The molecule has 0 fully saturated rings. The molecule has 2 aromatic carbocycles. The summed E-state index contributed by atoms with van der Waals surface area (Å²) in [6, 6.07) is 14.3. The van der Waals surface area contributed by atoms with E-state index in [4.69, 9.17) is 4.74 Å². The van der Waals surface area contributed by atoms with Gasteiger partial charge in [0.15, 0.2) is 9.99 Å². The lowest BCUT2D eigenvalue weighted by Crippen LogP contribution is -2.40. The van der Waals surface area contributed by atoms with Crippen molar-refractivity contribution in [2.24, 2.45) is 0 Å². The number of benzene rings is 2. The maximum atomic E-state index is 13.5. The fourth-order valence-corrected chi connectivity index (χ4v) is 5.05. The smallest absolute Gasteiger partial charge is 0.337 e. The zero-order chi connectivity index (χ0) is 23.5. The molecule has 170 valence electrons. The Bertz CT molecular complexity index is 1460. The van der Waals surface area contributed by atoms with Crippen molar-refractivity contribution in [1.29, 1.82) is 0 Å². The Hall–Kier alpha value is -3.37. The van der Waals surface area contributed by atoms with Gasteiger partial charge in [-0.05, 0) is 36.4 Å². The molecule has 4 rings (SSSR count). The Morgan fingerprint density at radius 3 is 2.61 bits per heavy atom. The van der Waals surface area contributed by atoms with Gasteiger partial charge >= 0.3 is 5.69 Å². The Labute approximate surface area is 197 Å². The number of thiazole rings is 1. The second-order valence-corrected chi connectivity index (χ2v) is 9.13. The van der Waals surface area contributed by atoms with Crippen molar-refractivity contribution in [2.45, 2.75) is 24.2 Å². The molecular formula is C23H22N4O4S2. The molecule has 0 aliphatic carbocycles. The predicted octanol–water partition coefficient (Wildman–Crippen LogP) is 3.54. The summed E-state index contributed by atoms with van der Waals surface area (Å²) in [6.45, 7) is 1.71. The van der Waals surface area contributed by atoms with Crippen LogP contribution in [0.5, 0.6) is 5.75 Å². The van der Waals surface area contributed by atoms with Gasteiger partial charge in [-0.15, -0.1) is 11.3 Å². The van der Waals surface area contributed by atoms with E-state index in [9.17, 15) is 14.4 Å². The standard InChI is InChI=1S/C23H22N4O4S2/c1-4-14-9-5-6-10-15(14)24-18(28)13-26-20-19(33-22(25-20)32-3)21(29)27(23(26)30)16-11-7-8-12-17(16)31-2/h5-12H,4,13H2,1-3H3,(H,24,28). The van der Waals surface area contributed by atoms with Gasteiger partial charge in [0.25, 0.3) is 5.56 Å². The summed E-state index contributed by atoms with van der Waals surface area (Å²) in [7, 11) is 1.47. The zero-order valence-electron chi connectivity index (χ0n) is 18.3. The summed E-state index contributed by atoms with van der Waals surface area (Å²) >= 11 is 2.56. The first-order chi connectivity index (χ1) is 16.0. The Kier molecular flexibility index (Phi) is 6.66. The molecule has 33 heavy (non-hydrogen) atoms. The van der Waals surface area contributed by atoms with E-state index in [2.05, 4.69) is 10.3 Å². The van der Waals surface area contributed by atoms with Gasteiger partial charge in [-0.1, -0.05) is 49.0 Å². The highest BCUT2D eigenvalue weighted by Crippen LogP contribution is 2.26. The third-order valence-corrected chi connectivity index (χ3v) is 7.16. The minimum atomic E-state index is -0.658. The first kappa shape index (κ1) is 22.8. The van der Waals surface area contributed by atoms with Crippen molar-refractivity contribution in [3.05, 3.63) is 74.9 Å². The zero-order valence-corrected chi connectivity index (χ0v) is 20.0. The first-order valence-electron chi connectivity index (χ1n) is 10.2. The van der Waals surface area contributed by atoms with Crippen LogP contribution in [0, 0.1) is 0 Å². The number of amides is 1. The Morgan fingerprint density at radius 1 is 1.15 bits per heavy atom. The van der Waals surface area contributed by atoms with Crippen LogP contribution in [0.1, 0.15) is 12.5 Å². The average molecular weight is 483 g/mol. The van der Waals surface area contributed by atoms with Crippen LogP contribution in [0.25, 0.3) is 16.0 Å². The number of aryl methyl sites for hydroxylation is 1. The lowest BCUT2D eigenvalue weighted by atomic mass is 10.1. The van der Waals surface area contributed by atoms with Crippen LogP contribution in [0.3, 0.4) is 0 Å². The molecule has 10 heteroatoms. The molecule has 8 nitrogen and oxygen atoms in total. The van der Waals surface area contributed by atoms with Gasteiger partial charge in [-0.2, -0.15) is 0 Å². The third-order valence-electron chi connectivity index (χ3n) is 5.14. The molecule has 4 aromatic rings. The number of hydrogen-bond acceptors (Lipinski definition) is 7. The van der Waals surface area contributed by atoms with Crippen molar-refractivity contribution in [2.75, 3.05) is 18.7 Å². The SMILES string of the molecule is CCc1ccccc1NC(=O)Cn1c(=O)n(-c2ccccc2OC)c(=O)c2sc(SC)nc21. The van der Waals surface area contributed by atoms with E-state index in [0.717, 1.165) is 16.6 Å². The molecule has 0 spiro atoms. The predicted molar refractivity (Wildman–Crippen MR) is 132 cm³/mol. The number of anilines is 1. The van der Waals surface area contributed by atoms with Crippen LogP contribution in [0.15, 0.2) is 62.5 Å². The second kappa shape index (κ2) is 9.63. The summed E-state index contributed by atoms with van der Waals surface area (Å²) in [6.07, 6.45) is 2.59. The van der Waals surface area contributed by atoms with E-state index in [0.29, 0.717) is 26.2 Å². The molecule has 0 bridgehead atoms. The third kappa shape index (κ3) is 4.31. The summed E-state index contributed by atoms with van der Waals surface area (Å²) in [4.78, 5) is 44.3. The molecule has 0 saturated carbocycles. The summed E-state index contributed by atoms with van der Waals surface area (Å²) in [5.41, 5.74) is 1.03. The average Bonchev–Trinajstić information content (AvgIpc) is 3.27. The van der Waals surface area contributed by atoms with Crippen LogP contribution in [0.4, 0.5) is 5.69 Å². The van der Waals surface area contributed by atoms with Crippen molar-refractivity contribution in [1.82, 2.24) is 14.1 Å². The van der Waals surface area contributed by atoms with E-state index in [1.54, 1.807) is 24.3 Å². The number of nitrogens with one attached hydrogen (secondary N) is 1. The Balaban J connectivity index is 1.87. The number of para-hydroxylation sites is 3. The number of methoxy groups -OCH3 is 1. The van der Waals surface area contributed by atoms with Crippen molar-refractivity contribution in [3.8, 4) is 11.4 Å². The summed E-state index contributed by atoms with van der Waals surface area (Å²) < 4.78 is 8.58. The molecule has 0 radical (unpaired) electrons. The Morgan fingerprint density at radius 2 is 1.88 bits per heavy atom. The quantitative estimate of drug-likeness (QED) is 0.405. The maximum Gasteiger partial charge on any atom is 0.337 e. The number of fused-ring (bicyclic) bond motifs is 1. The van der Waals surface area contributed by atoms with Crippen molar-refractivity contribution < 1.29 is 9.53 Å². The molecule has 0 aliphatic rings. The van der Waals surface area contributed by atoms with E-state index < -0.39 is 11.2 Å². The van der Waals surface area contributed by atoms with Gasteiger partial charge in [0, 0.05) is 5.69 Å². The molecule has 0 saturated heterocycles. The molecular weight excluding hydrogens is 460 g/mol. The van der Waals surface area contributed by atoms with Gasteiger partial charge in [0.1, 0.15) is 17.0 Å².